The van der Waals surface area contributed by atoms with Crippen LogP contribution < -0.4 is 10.5 Å². The van der Waals surface area contributed by atoms with Crippen LogP contribution in [-0.2, 0) is 4.74 Å². The number of rotatable bonds is 3. The number of nitrogen functional groups attached to an aromatic ring is 1. The zero-order valence-corrected chi connectivity index (χ0v) is 10.6. The summed E-state index contributed by atoms with van der Waals surface area (Å²) in [4.78, 5) is 2.22. The number of hydrogen-bond acceptors (Lipinski definition) is 4. The minimum absolute atomic E-state index is 0.101. The Hall–Kier alpha value is -0.970. The normalized spacial score (nSPS) is 21.4. The largest absolute Gasteiger partial charge is 0.489 e. The third-order valence-corrected chi connectivity index (χ3v) is 2.97. The summed E-state index contributed by atoms with van der Waals surface area (Å²) < 4.78 is 11.2. The Labute approximate surface area is 106 Å². The van der Waals surface area contributed by atoms with Crippen molar-refractivity contribution in [2.75, 3.05) is 39.1 Å². The number of nitrogens with two attached hydrogens (primary N) is 1. The second kappa shape index (κ2) is 5.58. The van der Waals surface area contributed by atoms with Gasteiger partial charge in [-0.25, -0.2) is 0 Å². The molecule has 1 aromatic carbocycles. The van der Waals surface area contributed by atoms with E-state index in [2.05, 4.69) is 11.9 Å². The quantitative estimate of drug-likeness (QED) is 0.836. The summed E-state index contributed by atoms with van der Waals surface area (Å²) in [5.41, 5.74) is 6.36. The highest BCUT2D eigenvalue weighted by atomic mass is 35.5. The molecule has 0 radical (unpaired) electrons. The molecule has 1 aliphatic heterocycles. The predicted octanol–water partition coefficient (Wildman–Crippen LogP) is 1.63. The van der Waals surface area contributed by atoms with Crippen molar-refractivity contribution in [3.63, 3.8) is 0 Å². The Kier molecular flexibility index (Phi) is 4.10. The standard InChI is InChI=1S/C12H17ClN2O2/c1-15-4-5-16-10(7-15)8-17-12-3-2-9(13)6-11(12)14/h2-3,6,10H,4-5,7-8,14H2,1H3. The van der Waals surface area contributed by atoms with E-state index in [9.17, 15) is 0 Å². The van der Waals surface area contributed by atoms with Gasteiger partial charge >= 0.3 is 0 Å². The van der Waals surface area contributed by atoms with Crippen molar-refractivity contribution in [1.82, 2.24) is 4.90 Å². The van der Waals surface area contributed by atoms with E-state index >= 15 is 0 Å². The second-order valence-electron chi connectivity index (χ2n) is 4.25. The molecule has 0 aliphatic carbocycles. The fourth-order valence-electron chi connectivity index (χ4n) is 1.80. The van der Waals surface area contributed by atoms with Gasteiger partial charge < -0.3 is 20.1 Å². The van der Waals surface area contributed by atoms with E-state index in [-0.39, 0.29) is 6.10 Å². The predicted molar refractivity (Wildman–Crippen MR) is 68.6 cm³/mol. The first-order valence-electron chi connectivity index (χ1n) is 5.63. The lowest BCUT2D eigenvalue weighted by Crippen LogP contribution is -2.42. The molecular weight excluding hydrogens is 240 g/mol. The van der Waals surface area contributed by atoms with Crippen molar-refractivity contribution >= 4 is 17.3 Å². The zero-order valence-electron chi connectivity index (χ0n) is 9.86. The summed E-state index contributed by atoms with van der Waals surface area (Å²) in [6, 6.07) is 5.23. The maximum absolute atomic E-state index is 5.82. The molecule has 0 aromatic heterocycles. The molecule has 0 spiro atoms. The van der Waals surface area contributed by atoms with Crippen LogP contribution in [0.5, 0.6) is 5.75 Å². The van der Waals surface area contributed by atoms with E-state index in [1.165, 1.54) is 0 Å². The molecule has 1 atom stereocenters. The molecule has 0 bridgehead atoms. The van der Waals surface area contributed by atoms with Gasteiger partial charge in [-0.2, -0.15) is 0 Å². The van der Waals surface area contributed by atoms with E-state index in [4.69, 9.17) is 26.8 Å². The molecular formula is C12H17ClN2O2. The highest BCUT2D eigenvalue weighted by molar-refractivity contribution is 6.30. The van der Waals surface area contributed by atoms with Gasteiger partial charge in [-0.05, 0) is 25.2 Å². The van der Waals surface area contributed by atoms with Crippen molar-refractivity contribution in [3.05, 3.63) is 23.2 Å². The minimum atomic E-state index is 0.101. The van der Waals surface area contributed by atoms with Crippen LogP contribution in [0.15, 0.2) is 18.2 Å². The number of halogens is 1. The molecule has 2 N–H and O–H groups in total. The number of ether oxygens (including phenoxy) is 2. The van der Waals surface area contributed by atoms with Gasteiger partial charge in [0.15, 0.2) is 0 Å². The van der Waals surface area contributed by atoms with Crippen molar-refractivity contribution in [2.24, 2.45) is 0 Å². The van der Waals surface area contributed by atoms with Gasteiger partial charge in [0, 0.05) is 18.1 Å². The molecule has 1 fully saturated rings. The molecule has 2 rings (SSSR count). The van der Waals surface area contributed by atoms with Crippen LogP contribution >= 0.6 is 11.6 Å². The Balaban J connectivity index is 1.88. The Morgan fingerprint density at radius 1 is 1.59 bits per heavy atom. The topological polar surface area (TPSA) is 47.7 Å². The first-order valence-corrected chi connectivity index (χ1v) is 6.01. The highest BCUT2D eigenvalue weighted by Crippen LogP contribution is 2.25. The summed E-state index contributed by atoms with van der Waals surface area (Å²) in [5, 5.41) is 0.614. The van der Waals surface area contributed by atoms with Crippen LogP contribution in [-0.4, -0.2) is 44.4 Å². The van der Waals surface area contributed by atoms with Crippen LogP contribution in [0, 0.1) is 0 Å². The number of morpholine rings is 1. The molecule has 5 heteroatoms. The van der Waals surface area contributed by atoms with E-state index < -0.39 is 0 Å². The lowest BCUT2D eigenvalue weighted by Gasteiger charge is -2.29. The molecule has 1 aliphatic rings. The summed E-state index contributed by atoms with van der Waals surface area (Å²) >= 11 is 5.82. The van der Waals surface area contributed by atoms with Crippen molar-refractivity contribution in [3.8, 4) is 5.75 Å². The molecule has 1 saturated heterocycles. The minimum Gasteiger partial charge on any atom is -0.489 e. The Morgan fingerprint density at radius 3 is 3.12 bits per heavy atom. The second-order valence-corrected chi connectivity index (χ2v) is 4.68. The summed E-state index contributed by atoms with van der Waals surface area (Å²) in [6.07, 6.45) is 0.101. The molecule has 1 aromatic rings. The Morgan fingerprint density at radius 2 is 2.41 bits per heavy atom. The van der Waals surface area contributed by atoms with E-state index in [0.29, 0.717) is 23.1 Å². The van der Waals surface area contributed by atoms with Crippen LogP contribution in [0.1, 0.15) is 0 Å². The number of hydrogen-bond donors (Lipinski definition) is 1. The molecule has 4 nitrogen and oxygen atoms in total. The molecule has 17 heavy (non-hydrogen) atoms. The number of anilines is 1. The van der Waals surface area contributed by atoms with Gasteiger partial charge in [-0.1, -0.05) is 11.6 Å². The van der Waals surface area contributed by atoms with Gasteiger partial charge in [0.05, 0.1) is 12.3 Å². The highest BCUT2D eigenvalue weighted by Gasteiger charge is 2.18. The van der Waals surface area contributed by atoms with Gasteiger partial charge in [0.1, 0.15) is 18.5 Å². The number of nitrogens with zero attached hydrogens (tertiary/aromatic N) is 1. The summed E-state index contributed by atoms with van der Waals surface area (Å²) in [6.45, 7) is 3.11. The molecule has 1 unspecified atom stereocenters. The lowest BCUT2D eigenvalue weighted by atomic mass is 10.3. The van der Waals surface area contributed by atoms with E-state index in [1.807, 2.05) is 0 Å². The average molecular weight is 257 g/mol. The lowest BCUT2D eigenvalue weighted by molar-refractivity contribution is -0.0402. The monoisotopic (exact) mass is 256 g/mol. The number of likely N-dealkylation sites (N-methyl/N-ethyl adjacent to an activating group) is 1. The van der Waals surface area contributed by atoms with Crippen molar-refractivity contribution in [1.29, 1.82) is 0 Å². The molecule has 0 amide bonds. The maximum atomic E-state index is 5.82. The van der Waals surface area contributed by atoms with Crippen molar-refractivity contribution < 1.29 is 9.47 Å². The maximum Gasteiger partial charge on any atom is 0.142 e. The molecule has 0 saturated carbocycles. The van der Waals surface area contributed by atoms with Gasteiger partial charge in [0.25, 0.3) is 0 Å². The van der Waals surface area contributed by atoms with Crippen LogP contribution in [0.4, 0.5) is 5.69 Å². The third kappa shape index (κ3) is 3.49. The van der Waals surface area contributed by atoms with Crippen LogP contribution in [0.3, 0.4) is 0 Å². The fourth-order valence-corrected chi connectivity index (χ4v) is 1.98. The fraction of sp³-hybridized carbons (Fsp3) is 0.500. The SMILES string of the molecule is CN1CCOC(COc2ccc(Cl)cc2N)C1. The Bertz CT molecular complexity index is 387. The van der Waals surface area contributed by atoms with Gasteiger partial charge in [-0.15, -0.1) is 0 Å². The average Bonchev–Trinajstić information content (AvgIpc) is 2.28. The van der Waals surface area contributed by atoms with Gasteiger partial charge in [0.2, 0.25) is 0 Å². The van der Waals surface area contributed by atoms with E-state index in [1.54, 1.807) is 18.2 Å². The van der Waals surface area contributed by atoms with Crippen LogP contribution in [0.2, 0.25) is 5.02 Å². The van der Waals surface area contributed by atoms with Crippen LogP contribution in [0.25, 0.3) is 0 Å². The summed E-state index contributed by atoms with van der Waals surface area (Å²) in [7, 11) is 2.08. The van der Waals surface area contributed by atoms with Crippen molar-refractivity contribution in [2.45, 2.75) is 6.10 Å². The number of benzene rings is 1. The molecule has 94 valence electrons. The van der Waals surface area contributed by atoms with Gasteiger partial charge in [-0.3, -0.25) is 0 Å². The third-order valence-electron chi connectivity index (χ3n) is 2.74. The first-order chi connectivity index (χ1) is 8.15. The zero-order chi connectivity index (χ0) is 12.3. The molecule has 1 heterocycles. The van der Waals surface area contributed by atoms with E-state index in [0.717, 1.165) is 19.7 Å². The summed E-state index contributed by atoms with van der Waals surface area (Å²) in [5.74, 6) is 0.659. The first kappa shape index (κ1) is 12.5. The smallest absolute Gasteiger partial charge is 0.142 e.